The molecule has 5 aromatic rings. The standard InChI is InChI=1S/C29H22Cl2N4OS/c1-17-3-5-18(6-4-17)25-15-27(23-14-28(31)32-24-12-11-21(36-2)13-22(23)24)35(34-25)29-33-26(16-37-29)19-7-9-20(30)10-8-19/h3-14,16,27H,15H2,1-2H3. The molecule has 37 heavy (non-hydrogen) atoms. The number of hydrazone groups is 1. The van der Waals surface area contributed by atoms with Crippen LogP contribution >= 0.6 is 34.5 Å². The number of aryl methyl sites for hydroxylation is 1. The van der Waals surface area contributed by atoms with E-state index < -0.39 is 0 Å². The summed E-state index contributed by atoms with van der Waals surface area (Å²) in [6.45, 7) is 2.09. The zero-order chi connectivity index (χ0) is 25.5. The number of fused-ring (bicyclic) bond motifs is 1. The summed E-state index contributed by atoms with van der Waals surface area (Å²) >= 11 is 14.2. The first-order chi connectivity index (χ1) is 18.0. The predicted octanol–water partition coefficient (Wildman–Crippen LogP) is 8.34. The van der Waals surface area contributed by atoms with Gasteiger partial charge in [0.15, 0.2) is 0 Å². The number of methoxy groups -OCH3 is 1. The second-order valence-electron chi connectivity index (χ2n) is 8.92. The molecule has 3 aromatic carbocycles. The van der Waals surface area contributed by atoms with Crippen molar-refractivity contribution in [3.63, 3.8) is 0 Å². The molecule has 0 spiro atoms. The molecule has 0 amide bonds. The molecule has 184 valence electrons. The molecular formula is C29H22Cl2N4OS. The number of rotatable bonds is 5. The van der Waals surface area contributed by atoms with E-state index in [9.17, 15) is 0 Å². The largest absolute Gasteiger partial charge is 0.497 e. The molecule has 0 radical (unpaired) electrons. The molecule has 0 N–H and O–H groups in total. The van der Waals surface area contributed by atoms with Gasteiger partial charge in [0.05, 0.1) is 30.1 Å². The molecule has 5 nitrogen and oxygen atoms in total. The van der Waals surface area contributed by atoms with Gasteiger partial charge < -0.3 is 4.74 Å². The van der Waals surface area contributed by atoms with Crippen LogP contribution in [-0.4, -0.2) is 22.8 Å². The highest BCUT2D eigenvalue weighted by Gasteiger charge is 2.33. The highest BCUT2D eigenvalue weighted by Crippen LogP contribution is 2.42. The van der Waals surface area contributed by atoms with Crippen molar-refractivity contribution in [3.8, 4) is 17.0 Å². The fraction of sp³-hybridized carbons (Fsp3) is 0.138. The summed E-state index contributed by atoms with van der Waals surface area (Å²) in [6.07, 6.45) is 0.700. The van der Waals surface area contributed by atoms with Crippen molar-refractivity contribution in [2.24, 2.45) is 5.10 Å². The van der Waals surface area contributed by atoms with Crippen LogP contribution in [0, 0.1) is 6.92 Å². The first kappa shape index (κ1) is 23.9. The highest BCUT2D eigenvalue weighted by atomic mass is 35.5. The average Bonchev–Trinajstić information content (AvgIpc) is 3.57. The lowest BCUT2D eigenvalue weighted by Crippen LogP contribution is -2.19. The van der Waals surface area contributed by atoms with E-state index in [4.69, 9.17) is 38.0 Å². The van der Waals surface area contributed by atoms with Gasteiger partial charge >= 0.3 is 0 Å². The van der Waals surface area contributed by atoms with Crippen molar-refractivity contribution in [2.45, 2.75) is 19.4 Å². The summed E-state index contributed by atoms with van der Waals surface area (Å²) in [5.41, 5.74) is 7.03. The average molecular weight is 545 g/mol. The Morgan fingerprint density at radius 3 is 2.43 bits per heavy atom. The number of hydrogen-bond donors (Lipinski definition) is 0. The van der Waals surface area contributed by atoms with Crippen LogP contribution in [0.1, 0.15) is 29.2 Å². The number of nitrogens with zero attached hydrogens (tertiary/aromatic N) is 4. The summed E-state index contributed by atoms with van der Waals surface area (Å²) < 4.78 is 5.52. The number of hydrogen-bond acceptors (Lipinski definition) is 6. The minimum absolute atomic E-state index is 0.115. The molecule has 2 aromatic heterocycles. The van der Waals surface area contributed by atoms with Crippen LogP contribution in [0.2, 0.25) is 10.2 Å². The molecule has 0 bridgehead atoms. The lowest BCUT2D eigenvalue weighted by atomic mass is 9.95. The van der Waals surface area contributed by atoms with Crippen LogP contribution < -0.4 is 9.75 Å². The maximum absolute atomic E-state index is 6.52. The fourth-order valence-electron chi connectivity index (χ4n) is 4.57. The molecule has 1 aliphatic rings. The van der Waals surface area contributed by atoms with Crippen molar-refractivity contribution in [1.29, 1.82) is 0 Å². The van der Waals surface area contributed by atoms with Crippen LogP contribution in [0.3, 0.4) is 0 Å². The number of ether oxygens (including phenoxy) is 1. The first-order valence-electron chi connectivity index (χ1n) is 11.8. The maximum Gasteiger partial charge on any atom is 0.207 e. The monoisotopic (exact) mass is 544 g/mol. The summed E-state index contributed by atoms with van der Waals surface area (Å²) in [7, 11) is 1.67. The van der Waals surface area contributed by atoms with E-state index in [0.717, 1.165) is 49.9 Å². The van der Waals surface area contributed by atoms with Crippen LogP contribution in [0.25, 0.3) is 22.2 Å². The SMILES string of the molecule is COc1ccc2nc(Cl)cc(C3CC(c4ccc(C)cc4)=NN3c3nc(-c4ccc(Cl)cc4)cs3)c2c1. The van der Waals surface area contributed by atoms with E-state index in [1.54, 1.807) is 18.4 Å². The second-order valence-corrected chi connectivity index (χ2v) is 10.6. The number of pyridine rings is 1. The Morgan fingerprint density at radius 2 is 1.68 bits per heavy atom. The minimum atomic E-state index is -0.115. The molecule has 3 heterocycles. The molecule has 1 unspecified atom stereocenters. The van der Waals surface area contributed by atoms with Gasteiger partial charge in [-0.2, -0.15) is 5.10 Å². The van der Waals surface area contributed by atoms with E-state index in [0.29, 0.717) is 16.6 Å². The van der Waals surface area contributed by atoms with Crippen LogP contribution in [-0.2, 0) is 0 Å². The van der Waals surface area contributed by atoms with Gasteiger partial charge in [-0.3, -0.25) is 0 Å². The second kappa shape index (κ2) is 9.78. The third kappa shape index (κ3) is 4.68. The van der Waals surface area contributed by atoms with E-state index >= 15 is 0 Å². The number of halogens is 2. The van der Waals surface area contributed by atoms with Gasteiger partial charge in [-0.05, 0) is 54.4 Å². The number of benzene rings is 3. The summed E-state index contributed by atoms with van der Waals surface area (Å²) in [5, 5.41) is 12.1. The lowest BCUT2D eigenvalue weighted by molar-refractivity contribution is 0.415. The zero-order valence-electron chi connectivity index (χ0n) is 20.2. The molecule has 0 saturated heterocycles. The lowest BCUT2D eigenvalue weighted by Gasteiger charge is -2.23. The van der Waals surface area contributed by atoms with Crippen LogP contribution in [0.15, 0.2) is 83.3 Å². The molecule has 0 aliphatic carbocycles. The Bertz CT molecular complexity index is 1630. The van der Waals surface area contributed by atoms with Crippen molar-refractivity contribution < 1.29 is 4.74 Å². The van der Waals surface area contributed by atoms with E-state index in [2.05, 4.69) is 41.6 Å². The van der Waals surface area contributed by atoms with Crippen molar-refractivity contribution in [3.05, 3.63) is 105 Å². The van der Waals surface area contributed by atoms with Gasteiger partial charge in [-0.1, -0.05) is 65.2 Å². The fourth-order valence-corrected chi connectivity index (χ4v) is 5.74. The molecule has 1 aliphatic heterocycles. The van der Waals surface area contributed by atoms with Gasteiger partial charge in [0, 0.05) is 27.8 Å². The summed E-state index contributed by atoms with van der Waals surface area (Å²) in [5.74, 6) is 0.765. The summed E-state index contributed by atoms with van der Waals surface area (Å²) in [4.78, 5) is 9.52. The molecule has 8 heteroatoms. The molecule has 0 fully saturated rings. The van der Waals surface area contributed by atoms with E-state index in [-0.39, 0.29) is 6.04 Å². The Morgan fingerprint density at radius 1 is 0.919 bits per heavy atom. The van der Waals surface area contributed by atoms with E-state index in [1.165, 1.54) is 5.56 Å². The quantitative estimate of drug-likeness (QED) is 0.208. The Hall–Kier alpha value is -3.45. The first-order valence-corrected chi connectivity index (χ1v) is 13.4. The molecular weight excluding hydrogens is 523 g/mol. The van der Waals surface area contributed by atoms with Crippen molar-refractivity contribution in [1.82, 2.24) is 9.97 Å². The number of anilines is 1. The minimum Gasteiger partial charge on any atom is -0.497 e. The normalized spacial score (nSPS) is 15.3. The molecule has 0 saturated carbocycles. The third-order valence-electron chi connectivity index (χ3n) is 6.50. The van der Waals surface area contributed by atoms with Crippen molar-refractivity contribution >= 4 is 56.3 Å². The predicted molar refractivity (Wildman–Crippen MR) is 153 cm³/mol. The summed E-state index contributed by atoms with van der Waals surface area (Å²) in [6, 6.07) is 23.8. The van der Waals surface area contributed by atoms with Gasteiger partial charge in [-0.15, -0.1) is 11.3 Å². The van der Waals surface area contributed by atoms with Gasteiger partial charge in [-0.25, -0.2) is 15.0 Å². The van der Waals surface area contributed by atoms with E-state index in [1.807, 2.05) is 53.5 Å². The molecule has 6 rings (SSSR count). The number of thiazole rings is 1. The third-order valence-corrected chi connectivity index (χ3v) is 7.77. The van der Waals surface area contributed by atoms with Crippen LogP contribution in [0.5, 0.6) is 5.75 Å². The Balaban J connectivity index is 1.47. The smallest absolute Gasteiger partial charge is 0.207 e. The van der Waals surface area contributed by atoms with Crippen LogP contribution in [0.4, 0.5) is 5.13 Å². The van der Waals surface area contributed by atoms with Gasteiger partial charge in [0.25, 0.3) is 0 Å². The van der Waals surface area contributed by atoms with Gasteiger partial charge in [0.1, 0.15) is 10.9 Å². The Kier molecular flexibility index (Phi) is 6.32. The Labute approximate surface area is 229 Å². The van der Waals surface area contributed by atoms with Crippen molar-refractivity contribution in [2.75, 3.05) is 12.1 Å². The topological polar surface area (TPSA) is 50.6 Å². The number of aromatic nitrogens is 2. The molecule has 1 atom stereocenters. The van der Waals surface area contributed by atoms with Gasteiger partial charge in [0.2, 0.25) is 5.13 Å². The highest BCUT2D eigenvalue weighted by molar-refractivity contribution is 7.14. The maximum atomic E-state index is 6.52. The zero-order valence-corrected chi connectivity index (χ0v) is 22.5.